The highest BCUT2D eigenvalue weighted by molar-refractivity contribution is 9.10. The Kier molecular flexibility index (Phi) is 5.32. The fourth-order valence-electron chi connectivity index (χ4n) is 1.13. The number of benzene rings is 1. The van der Waals surface area contributed by atoms with Gasteiger partial charge in [0.1, 0.15) is 5.75 Å². The number of carbonyl (C=O) groups excluding carboxylic acids is 1. The largest absolute Gasteiger partial charge is 0.493 e. The fourth-order valence-corrected chi connectivity index (χ4v) is 1.51. The molecule has 0 amide bonds. The van der Waals surface area contributed by atoms with Crippen molar-refractivity contribution in [2.45, 2.75) is 26.4 Å². The van der Waals surface area contributed by atoms with Gasteiger partial charge in [0.25, 0.3) is 0 Å². The number of rotatable bonds is 5. The van der Waals surface area contributed by atoms with Crippen molar-refractivity contribution in [1.29, 1.82) is 0 Å². The van der Waals surface area contributed by atoms with Crippen molar-refractivity contribution in [2.75, 3.05) is 6.61 Å². The minimum Gasteiger partial charge on any atom is -0.493 e. The van der Waals surface area contributed by atoms with Crippen molar-refractivity contribution in [2.24, 2.45) is 0 Å². The molecule has 0 aliphatic rings. The van der Waals surface area contributed by atoms with Gasteiger partial charge in [0, 0.05) is 4.47 Å². The predicted octanol–water partition coefficient (Wildman–Crippen LogP) is 3.17. The van der Waals surface area contributed by atoms with Gasteiger partial charge in [0.05, 0.1) is 19.1 Å². The number of hydrogen-bond donors (Lipinski definition) is 0. The highest BCUT2D eigenvalue weighted by Gasteiger charge is 2.05. The summed E-state index contributed by atoms with van der Waals surface area (Å²) in [7, 11) is 0. The number of halogens is 1. The van der Waals surface area contributed by atoms with Gasteiger partial charge in [0.15, 0.2) is 0 Å². The molecule has 0 radical (unpaired) electrons. The molecule has 0 aromatic heterocycles. The highest BCUT2D eigenvalue weighted by Crippen LogP contribution is 2.17. The van der Waals surface area contributed by atoms with Crippen LogP contribution in [0.4, 0.5) is 0 Å². The van der Waals surface area contributed by atoms with Crippen molar-refractivity contribution >= 4 is 21.9 Å². The molecule has 0 heterocycles. The zero-order chi connectivity index (χ0) is 12.0. The van der Waals surface area contributed by atoms with Crippen LogP contribution < -0.4 is 4.74 Å². The Labute approximate surface area is 104 Å². The van der Waals surface area contributed by atoms with Crippen molar-refractivity contribution in [3.05, 3.63) is 28.7 Å². The minimum absolute atomic E-state index is 0.0710. The molecule has 88 valence electrons. The lowest BCUT2D eigenvalue weighted by molar-refractivity contribution is -0.147. The van der Waals surface area contributed by atoms with Crippen LogP contribution in [0.2, 0.25) is 0 Å². The molecule has 0 spiro atoms. The summed E-state index contributed by atoms with van der Waals surface area (Å²) in [5, 5.41) is 0. The summed E-state index contributed by atoms with van der Waals surface area (Å²) in [6.07, 6.45) is 0.198. The molecule has 0 unspecified atom stereocenters. The van der Waals surface area contributed by atoms with E-state index in [0.717, 1.165) is 10.2 Å². The normalized spacial score (nSPS) is 10.2. The average Bonchev–Trinajstić information content (AvgIpc) is 2.16. The predicted molar refractivity (Wildman–Crippen MR) is 65.5 cm³/mol. The first-order valence-corrected chi connectivity index (χ1v) is 5.95. The number of ether oxygens (including phenoxy) is 2. The molecular formula is C12H15BrO3. The SMILES string of the molecule is CC(C)OC(=O)CCOc1cccc(Br)c1. The average molecular weight is 287 g/mol. The number of carbonyl (C=O) groups is 1. The van der Waals surface area contributed by atoms with Crippen LogP contribution in [-0.4, -0.2) is 18.7 Å². The lowest BCUT2D eigenvalue weighted by atomic mass is 10.3. The van der Waals surface area contributed by atoms with Gasteiger partial charge in [-0.1, -0.05) is 22.0 Å². The summed E-state index contributed by atoms with van der Waals surface area (Å²) in [6.45, 7) is 3.99. The molecule has 1 rings (SSSR count). The second kappa shape index (κ2) is 6.53. The van der Waals surface area contributed by atoms with Crippen molar-refractivity contribution in [3.63, 3.8) is 0 Å². The van der Waals surface area contributed by atoms with E-state index < -0.39 is 0 Å². The summed E-state index contributed by atoms with van der Waals surface area (Å²) >= 11 is 3.34. The summed E-state index contributed by atoms with van der Waals surface area (Å²) in [4.78, 5) is 11.2. The zero-order valence-corrected chi connectivity index (χ0v) is 11.0. The van der Waals surface area contributed by atoms with Crippen molar-refractivity contribution < 1.29 is 14.3 Å². The molecule has 0 atom stereocenters. The molecule has 0 bridgehead atoms. The second-order valence-electron chi connectivity index (χ2n) is 3.59. The number of hydrogen-bond acceptors (Lipinski definition) is 3. The maximum atomic E-state index is 11.2. The molecule has 1 aromatic rings. The van der Waals surface area contributed by atoms with E-state index in [2.05, 4.69) is 15.9 Å². The van der Waals surface area contributed by atoms with Crippen LogP contribution in [0, 0.1) is 0 Å². The standard InChI is InChI=1S/C12H15BrO3/c1-9(2)16-12(14)6-7-15-11-5-3-4-10(13)8-11/h3-5,8-9H,6-7H2,1-2H3. The Hall–Kier alpha value is -1.03. The van der Waals surface area contributed by atoms with Gasteiger partial charge in [0.2, 0.25) is 0 Å². The third-order valence-corrected chi connectivity index (χ3v) is 2.23. The Bertz CT molecular complexity index is 350. The molecule has 16 heavy (non-hydrogen) atoms. The van der Waals surface area contributed by atoms with E-state index in [9.17, 15) is 4.79 Å². The third-order valence-electron chi connectivity index (χ3n) is 1.74. The van der Waals surface area contributed by atoms with Crippen molar-refractivity contribution in [1.82, 2.24) is 0 Å². The van der Waals surface area contributed by atoms with Gasteiger partial charge in [-0.25, -0.2) is 0 Å². The van der Waals surface area contributed by atoms with Crippen LogP contribution in [0.3, 0.4) is 0 Å². The van der Waals surface area contributed by atoms with Gasteiger partial charge in [-0.15, -0.1) is 0 Å². The molecule has 0 aliphatic carbocycles. The maximum Gasteiger partial charge on any atom is 0.309 e. The number of esters is 1. The first-order valence-electron chi connectivity index (χ1n) is 5.16. The zero-order valence-electron chi connectivity index (χ0n) is 9.40. The Balaban J connectivity index is 2.28. The summed E-state index contributed by atoms with van der Waals surface area (Å²) in [5.41, 5.74) is 0. The Morgan fingerprint density at radius 2 is 2.19 bits per heavy atom. The summed E-state index contributed by atoms with van der Waals surface area (Å²) in [5.74, 6) is 0.511. The van der Waals surface area contributed by atoms with Crippen LogP contribution in [-0.2, 0) is 9.53 Å². The molecule has 4 heteroatoms. The quantitative estimate of drug-likeness (QED) is 0.780. The van der Waals surface area contributed by atoms with E-state index in [1.54, 1.807) is 0 Å². The Morgan fingerprint density at radius 3 is 2.81 bits per heavy atom. The lowest BCUT2D eigenvalue weighted by Gasteiger charge is -2.09. The van der Waals surface area contributed by atoms with Crippen LogP contribution in [0.15, 0.2) is 28.7 Å². The summed E-state index contributed by atoms with van der Waals surface area (Å²) in [6, 6.07) is 7.50. The van der Waals surface area contributed by atoms with Crippen LogP contribution in [0.5, 0.6) is 5.75 Å². The van der Waals surface area contributed by atoms with Gasteiger partial charge < -0.3 is 9.47 Å². The van der Waals surface area contributed by atoms with E-state index in [1.165, 1.54) is 0 Å². The molecule has 0 aliphatic heterocycles. The van der Waals surface area contributed by atoms with E-state index in [0.29, 0.717) is 6.61 Å². The second-order valence-corrected chi connectivity index (χ2v) is 4.51. The van der Waals surface area contributed by atoms with Gasteiger partial charge in [-0.2, -0.15) is 0 Å². The molecule has 0 N–H and O–H groups in total. The van der Waals surface area contributed by atoms with Crippen LogP contribution in [0.25, 0.3) is 0 Å². The molecule has 1 aromatic carbocycles. The molecule has 3 nitrogen and oxygen atoms in total. The van der Waals surface area contributed by atoms with E-state index >= 15 is 0 Å². The smallest absolute Gasteiger partial charge is 0.309 e. The topological polar surface area (TPSA) is 35.5 Å². The lowest BCUT2D eigenvalue weighted by Crippen LogP contribution is -2.14. The van der Waals surface area contributed by atoms with Crippen LogP contribution in [0.1, 0.15) is 20.3 Å². The van der Waals surface area contributed by atoms with Gasteiger partial charge in [-0.05, 0) is 32.0 Å². The van der Waals surface area contributed by atoms with Crippen LogP contribution >= 0.6 is 15.9 Å². The van der Waals surface area contributed by atoms with E-state index in [4.69, 9.17) is 9.47 Å². The third kappa shape index (κ3) is 5.16. The molecule has 0 saturated heterocycles. The molecule has 0 saturated carbocycles. The summed E-state index contributed by atoms with van der Waals surface area (Å²) < 4.78 is 11.3. The van der Waals surface area contributed by atoms with Gasteiger partial charge in [-0.3, -0.25) is 4.79 Å². The van der Waals surface area contributed by atoms with Gasteiger partial charge >= 0.3 is 5.97 Å². The highest BCUT2D eigenvalue weighted by atomic mass is 79.9. The van der Waals surface area contributed by atoms with E-state index in [1.807, 2.05) is 38.1 Å². The molecule has 0 fully saturated rings. The maximum absolute atomic E-state index is 11.2. The molecular weight excluding hydrogens is 272 g/mol. The van der Waals surface area contributed by atoms with Crippen molar-refractivity contribution in [3.8, 4) is 5.75 Å². The minimum atomic E-state index is -0.231. The first kappa shape index (κ1) is 13.0. The fraction of sp³-hybridized carbons (Fsp3) is 0.417. The Morgan fingerprint density at radius 1 is 1.44 bits per heavy atom. The van der Waals surface area contributed by atoms with E-state index in [-0.39, 0.29) is 18.5 Å². The first-order chi connectivity index (χ1) is 7.58. The monoisotopic (exact) mass is 286 g/mol.